The van der Waals surface area contributed by atoms with E-state index < -0.39 is 11.5 Å². The Balaban J connectivity index is 1.89. The Morgan fingerprint density at radius 2 is 1.92 bits per heavy atom. The van der Waals surface area contributed by atoms with Crippen molar-refractivity contribution in [3.05, 3.63) is 70.4 Å². The van der Waals surface area contributed by atoms with Gasteiger partial charge in [0.05, 0.1) is 6.61 Å². The maximum absolute atomic E-state index is 13.1. The molecular weight excluding hydrogens is 337 g/mol. The number of H-pyrrole nitrogens is 1. The van der Waals surface area contributed by atoms with Crippen LogP contribution in [-0.2, 0) is 4.74 Å². The van der Waals surface area contributed by atoms with E-state index in [0.717, 1.165) is 11.1 Å². The minimum Gasteiger partial charge on any atom is -0.462 e. The molecule has 0 saturated carbocycles. The smallest absolute Gasteiger partial charge is 0.343 e. The van der Waals surface area contributed by atoms with E-state index in [4.69, 9.17) is 4.74 Å². The lowest BCUT2D eigenvalue weighted by molar-refractivity contribution is 0.0524. The highest BCUT2D eigenvalue weighted by Gasteiger charge is 2.16. The predicted molar refractivity (Wildman–Crippen MR) is 94.7 cm³/mol. The largest absolute Gasteiger partial charge is 0.462 e. The third-order valence-electron chi connectivity index (χ3n) is 4.08. The second-order valence-corrected chi connectivity index (χ2v) is 5.73. The lowest BCUT2D eigenvalue weighted by atomic mass is 10.1. The van der Waals surface area contributed by atoms with Gasteiger partial charge in [-0.05, 0) is 48.4 Å². The van der Waals surface area contributed by atoms with Gasteiger partial charge in [-0.15, -0.1) is 0 Å². The van der Waals surface area contributed by atoms with E-state index in [1.807, 2.05) is 6.07 Å². The number of aromatic nitrogens is 3. The number of carbonyl (C=O) groups is 1. The molecule has 0 radical (unpaired) electrons. The molecule has 3 aromatic heterocycles. The first-order chi connectivity index (χ1) is 12.6. The third kappa shape index (κ3) is 2.63. The number of nitrogens with zero attached hydrogens (tertiary/aromatic N) is 2. The number of hydrogen-bond donors (Lipinski definition) is 1. The van der Waals surface area contributed by atoms with Crippen molar-refractivity contribution in [3.8, 4) is 11.1 Å². The molecule has 6 nitrogen and oxygen atoms in total. The normalized spacial score (nSPS) is 11.2. The molecule has 0 unspecified atom stereocenters. The van der Waals surface area contributed by atoms with Gasteiger partial charge in [-0.25, -0.2) is 14.2 Å². The van der Waals surface area contributed by atoms with Crippen molar-refractivity contribution < 1.29 is 13.9 Å². The van der Waals surface area contributed by atoms with Crippen molar-refractivity contribution in [3.63, 3.8) is 0 Å². The molecule has 0 spiro atoms. The van der Waals surface area contributed by atoms with Gasteiger partial charge >= 0.3 is 5.97 Å². The Morgan fingerprint density at radius 3 is 2.65 bits per heavy atom. The summed E-state index contributed by atoms with van der Waals surface area (Å²) < 4.78 is 19.7. The molecule has 130 valence electrons. The Morgan fingerprint density at radius 1 is 1.19 bits per heavy atom. The summed E-state index contributed by atoms with van der Waals surface area (Å²) in [4.78, 5) is 31.3. The second-order valence-electron chi connectivity index (χ2n) is 5.73. The van der Waals surface area contributed by atoms with Crippen LogP contribution < -0.4 is 5.56 Å². The number of ether oxygens (including phenoxy) is 1. The molecule has 4 aromatic rings. The molecule has 0 bridgehead atoms. The summed E-state index contributed by atoms with van der Waals surface area (Å²) in [6.07, 6.45) is 1.80. The SMILES string of the molecule is CCOC(=O)c1cc2nc3ccc(-c4ccc(F)cc4)cn3c2[nH]c1=O. The molecule has 0 aliphatic heterocycles. The minimum atomic E-state index is -0.681. The molecule has 0 amide bonds. The standard InChI is InChI=1S/C19H14FN3O3/c1-2-26-19(25)14-9-15-17(22-18(14)24)23-10-12(5-8-16(23)21-15)11-3-6-13(20)7-4-11/h3-10H,2H2,1H3,(H,22,24). The molecule has 0 fully saturated rings. The number of fused-ring (bicyclic) bond motifs is 3. The summed E-state index contributed by atoms with van der Waals surface area (Å²) in [7, 11) is 0. The summed E-state index contributed by atoms with van der Waals surface area (Å²) in [5, 5.41) is 0. The zero-order chi connectivity index (χ0) is 18.3. The van der Waals surface area contributed by atoms with Crippen LogP contribution >= 0.6 is 0 Å². The Bertz CT molecular complexity index is 1190. The predicted octanol–water partition coefficient (Wildman–Crippen LogP) is 3.16. The number of imidazole rings is 1. The molecule has 0 aliphatic rings. The van der Waals surface area contributed by atoms with Crippen molar-refractivity contribution in [2.24, 2.45) is 0 Å². The van der Waals surface area contributed by atoms with Gasteiger partial charge in [-0.1, -0.05) is 12.1 Å². The van der Waals surface area contributed by atoms with Crippen molar-refractivity contribution in [2.75, 3.05) is 6.61 Å². The van der Waals surface area contributed by atoms with E-state index in [0.29, 0.717) is 16.8 Å². The number of benzene rings is 1. The lowest BCUT2D eigenvalue weighted by Crippen LogP contribution is -2.19. The van der Waals surface area contributed by atoms with E-state index in [2.05, 4.69) is 9.97 Å². The van der Waals surface area contributed by atoms with Gasteiger partial charge in [0.2, 0.25) is 0 Å². The second kappa shape index (κ2) is 6.11. The molecule has 0 atom stereocenters. The van der Waals surface area contributed by atoms with Gasteiger partial charge in [-0.3, -0.25) is 9.20 Å². The van der Waals surface area contributed by atoms with E-state index in [1.165, 1.54) is 18.2 Å². The first-order valence-corrected chi connectivity index (χ1v) is 8.05. The number of rotatable bonds is 3. The van der Waals surface area contributed by atoms with Crippen LogP contribution in [0, 0.1) is 5.82 Å². The molecular formula is C19H14FN3O3. The van der Waals surface area contributed by atoms with Crippen molar-refractivity contribution >= 4 is 22.8 Å². The summed E-state index contributed by atoms with van der Waals surface area (Å²) in [6, 6.07) is 11.2. The van der Waals surface area contributed by atoms with Gasteiger partial charge in [-0.2, -0.15) is 0 Å². The van der Waals surface area contributed by atoms with Crippen molar-refractivity contribution in [2.45, 2.75) is 6.92 Å². The van der Waals surface area contributed by atoms with Crippen LogP contribution in [-0.4, -0.2) is 26.9 Å². The summed E-state index contributed by atoms with van der Waals surface area (Å²) in [5.74, 6) is -0.988. The first kappa shape index (κ1) is 16.0. The van der Waals surface area contributed by atoms with Gasteiger partial charge < -0.3 is 9.72 Å². The highest BCUT2D eigenvalue weighted by Crippen LogP contribution is 2.23. The van der Waals surface area contributed by atoms with E-state index in [1.54, 1.807) is 35.7 Å². The Labute approximate surface area is 146 Å². The van der Waals surface area contributed by atoms with Crippen LogP contribution in [0.3, 0.4) is 0 Å². The number of aromatic amines is 1. The fourth-order valence-corrected chi connectivity index (χ4v) is 2.84. The molecule has 26 heavy (non-hydrogen) atoms. The van der Waals surface area contributed by atoms with Gasteiger partial charge in [0.1, 0.15) is 28.2 Å². The molecule has 3 heterocycles. The van der Waals surface area contributed by atoms with E-state index in [-0.39, 0.29) is 18.0 Å². The molecule has 1 N–H and O–H groups in total. The quantitative estimate of drug-likeness (QED) is 0.575. The number of hydrogen-bond acceptors (Lipinski definition) is 4. The van der Waals surface area contributed by atoms with Crippen LogP contribution in [0.4, 0.5) is 4.39 Å². The number of carbonyl (C=O) groups excluding carboxylic acids is 1. The Hall–Kier alpha value is -3.48. The fraction of sp³-hybridized carbons (Fsp3) is 0.105. The summed E-state index contributed by atoms with van der Waals surface area (Å²) in [5.41, 5.74) is 2.62. The van der Waals surface area contributed by atoms with Crippen LogP contribution in [0.15, 0.2) is 53.5 Å². The number of nitrogens with one attached hydrogen (secondary N) is 1. The van der Waals surface area contributed by atoms with Crippen LogP contribution in [0.5, 0.6) is 0 Å². The van der Waals surface area contributed by atoms with Gasteiger partial charge in [0.25, 0.3) is 5.56 Å². The monoisotopic (exact) mass is 351 g/mol. The number of esters is 1. The molecule has 4 rings (SSSR count). The highest BCUT2D eigenvalue weighted by molar-refractivity contribution is 5.93. The van der Waals surface area contributed by atoms with E-state index >= 15 is 0 Å². The van der Waals surface area contributed by atoms with Crippen molar-refractivity contribution in [1.82, 2.24) is 14.4 Å². The zero-order valence-electron chi connectivity index (χ0n) is 13.8. The number of pyridine rings is 2. The van der Waals surface area contributed by atoms with Crippen LogP contribution in [0.25, 0.3) is 27.9 Å². The molecule has 0 saturated heterocycles. The maximum atomic E-state index is 13.1. The van der Waals surface area contributed by atoms with Crippen LogP contribution in [0.1, 0.15) is 17.3 Å². The summed E-state index contributed by atoms with van der Waals surface area (Å²) >= 11 is 0. The third-order valence-corrected chi connectivity index (χ3v) is 4.08. The fourth-order valence-electron chi connectivity index (χ4n) is 2.84. The molecule has 0 aliphatic carbocycles. The molecule has 7 heteroatoms. The summed E-state index contributed by atoms with van der Waals surface area (Å²) in [6.45, 7) is 1.86. The van der Waals surface area contributed by atoms with Crippen LogP contribution in [0.2, 0.25) is 0 Å². The highest BCUT2D eigenvalue weighted by atomic mass is 19.1. The average molecular weight is 351 g/mol. The molecule has 1 aromatic carbocycles. The van der Waals surface area contributed by atoms with Gasteiger partial charge in [0, 0.05) is 6.20 Å². The average Bonchev–Trinajstić information content (AvgIpc) is 2.98. The number of halogens is 1. The minimum absolute atomic E-state index is 0.0819. The Kier molecular flexibility index (Phi) is 3.76. The van der Waals surface area contributed by atoms with Gasteiger partial charge in [0.15, 0.2) is 0 Å². The topological polar surface area (TPSA) is 76.5 Å². The van der Waals surface area contributed by atoms with E-state index in [9.17, 15) is 14.0 Å². The first-order valence-electron chi connectivity index (χ1n) is 8.05. The zero-order valence-corrected chi connectivity index (χ0v) is 13.8. The van der Waals surface area contributed by atoms with Crippen molar-refractivity contribution in [1.29, 1.82) is 0 Å². The maximum Gasteiger partial charge on any atom is 0.343 e. The lowest BCUT2D eigenvalue weighted by Gasteiger charge is -2.04.